The molecular weight excluding hydrogens is 257 g/mol. The summed E-state index contributed by atoms with van der Waals surface area (Å²) in [5.74, 6) is -0.0884. The zero-order valence-corrected chi connectivity index (χ0v) is 10.4. The van der Waals surface area contributed by atoms with Gasteiger partial charge in [-0.15, -0.1) is 0 Å². The van der Waals surface area contributed by atoms with Gasteiger partial charge in [-0.2, -0.15) is 0 Å². The fraction of sp³-hybridized carbons (Fsp3) is 0.500. The van der Waals surface area contributed by atoms with E-state index in [1.54, 1.807) is 13.0 Å². The molecule has 0 atom stereocenters. The van der Waals surface area contributed by atoms with Gasteiger partial charge in [-0.3, -0.25) is 0 Å². The number of benzene rings is 1. The van der Waals surface area contributed by atoms with Gasteiger partial charge in [0.1, 0.15) is 5.82 Å². The average molecular weight is 272 g/mol. The molecule has 0 heterocycles. The maximum atomic E-state index is 14.1. The van der Waals surface area contributed by atoms with Gasteiger partial charge in [0, 0.05) is 22.0 Å². The van der Waals surface area contributed by atoms with Crippen LogP contribution >= 0.6 is 15.9 Å². The third-order valence-corrected chi connectivity index (χ3v) is 4.18. The number of rotatable bonds is 2. The summed E-state index contributed by atoms with van der Waals surface area (Å²) in [6, 6.07) is 3.72. The van der Waals surface area contributed by atoms with Gasteiger partial charge in [0.15, 0.2) is 0 Å². The monoisotopic (exact) mass is 271 g/mol. The maximum Gasteiger partial charge on any atom is 0.131 e. The lowest BCUT2D eigenvalue weighted by molar-refractivity contribution is 0.243. The van der Waals surface area contributed by atoms with Crippen molar-refractivity contribution in [1.29, 1.82) is 0 Å². The lowest BCUT2D eigenvalue weighted by Crippen LogP contribution is -2.42. The summed E-state index contributed by atoms with van der Waals surface area (Å²) in [7, 11) is 0. The van der Waals surface area contributed by atoms with Gasteiger partial charge in [-0.25, -0.2) is 4.39 Å². The molecule has 0 spiro atoms. The zero-order chi connectivity index (χ0) is 11.1. The van der Waals surface area contributed by atoms with Gasteiger partial charge < -0.3 is 5.73 Å². The minimum absolute atomic E-state index is 0.0884. The summed E-state index contributed by atoms with van der Waals surface area (Å²) in [5, 5.41) is 0. The largest absolute Gasteiger partial charge is 0.330 e. The Labute approximate surface area is 98.0 Å². The Balaban J connectivity index is 2.55. The Bertz CT molecular complexity index is 380. The van der Waals surface area contributed by atoms with Crippen molar-refractivity contribution in [2.75, 3.05) is 6.54 Å². The molecule has 1 aromatic rings. The predicted octanol–water partition coefficient (Wildman–Crippen LogP) is 3.28. The van der Waals surface area contributed by atoms with Crippen LogP contribution in [-0.2, 0) is 5.41 Å². The lowest BCUT2D eigenvalue weighted by atomic mass is 9.64. The molecule has 2 N–H and O–H groups in total. The van der Waals surface area contributed by atoms with Crippen LogP contribution in [0, 0.1) is 12.7 Å². The molecule has 1 saturated carbocycles. The van der Waals surface area contributed by atoms with Crippen molar-refractivity contribution >= 4 is 15.9 Å². The first-order valence-corrected chi connectivity index (χ1v) is 6.05. The molecule has 0 radical (unpaired) electrons. The van der Waals surface area contributed by atoms with Crippen LogP contribution in [0.3, 0.4) is 0 Å². The summed E-state index contributed by atoms with van der Waals surface area (Å²) >= 11 is 3.44. The molecule has 0 aliphatic heterocycles. The minimum Gasteiger partial charge on any atom is -0.330 e. The van der Waals surface area contributed by atoms with Crippen molar-refractivity contribution in [1.82, 2.24) is 0 Å². The summed E-state index contributed by atoms with van der Waals surface area (Å²) in [4.78, 5) is 0. The van der Waals surface area contributed by atoms with Gasteiger partial charge in [0.25, 0.3) is 0 Å². The predicted molar refractivity (Wildman–Crippen MR) is 63.4 cm³/mol. The molecule has 3 heteroatoms. The molecule has 1 aliphatic carbocycles. The summed E-state index contributed by atoms with van der Waals surface area (Å²) in [6.45, 7) is 2.33. The second-order valence-electron chi connectivity index (χ2n) is 4.39. The highest BCUT2D eigenvalue weighted by molar-refractivity contribution is 9.10. The first-order valence-electron chi connectivity index (χ1n) is 5.26. The Morgan fingerprint density at radius 1 is 1.47 bits per heavy atom. The smallest absolute Gasteiger partial charge is 0.131 e. The third kappa shape index (κ3) is 1.62. The number of nitrogens with two attached hydrogens (primary N) is 1. The van der Waals surface area contributed by atoms with E-state index < -0.39 is 0 Å². The van der Waals surface area contributed by atoms with Crippen molar-refractivity contribution in [3.05, 3.63) is 33.5 Å². The van der Waals surface area contributed by atoms with E-state index in [0.29, 0.717) is 12.1 Å². The number of hydrogen-bond acceptors (Lipinski definition) is 1. The fourth-order valence-corrected chi connectivity index (χ4v) is 3.03. The van der Waals surface area contributed by atoms with E-state index in [-0.39, 0.29) is 11.2 Å². The summed E-state index contributed by atoms with van der Waals surface area (Å²) in [6.07, 6.45) is 3.15. The molecule has 2 rings (SSSR count). The molecular formula is C12H15BrFN. The molecule has 15 heavy (non-hydrogen) atoms. The maximum absolute atomic E-state index is 14.1. The molecule has 0 bridgehead atoms. The molecule has 82 valence electrons. The molecule has 0 amide bonds. The van der Waals surface area contributed by atoms with Crippen molar-refractivity contribution in [3.8, 4) is 0 Å². The molecule has 1 fully saturated rings. The number of hydrogen-bond donors (Lipinski definition) is 1. The zero-order valence-electron chi connectivity index (χ0n) is 8.82. The molecule has 1 aliphatic rings. The van der Waals surface area contributed by atoms with Crippen LogP contribution in [0.15, 0.2) is 16.6 Å². The third-order valence-electron chi connectivity index (χ3n) is 3.52. The van der Waals surface area contributed by atoms with E-state index in [2.05, 4.69) is 15.9 Å². The quantitative estimate of drug-likeness (QED) is 0.878. The van der Waals surface area contributed by atoms with Crippen LogP contribution in [0.5, 0.6) is 0 Å². The van der Waals surface area contributed by atoms with Gasteiger partial charge in [0.2, 0.25) is 0 Å². The van der Waals surface area contributed by atoms with Gasteiger partial charge in [-0.1, -0.05) is 28.4 Å². The van der Waals surface area contributed by atoms with Crippen LogP contribution in [-0.4, -0.2) is 6.54 Å². The van der Waals surface area contributed by atoms with Crippen LogP contribution in [0.25, 0.3) is 0 Å². The SMILES string of the molecule is Cc1ccc(Br)c(C2(CN)CCC2)c1F. The Kier molecular flexibility index (Phi) is 2.86. The van der Waals surface area contributed by atoms with Gasteiger partial charge in [-0.05, 0) is 31.4 Å². The normalized spacial score (nSPS) is 18.7. The molecule has 0 unspecified atom stereocenters. The van der Waals surface area contributed by atoms with Crippen molar-refractivity contribution in [2.45, 2.75) is 31.6 Å². The minimum atomic E-state index is -0.116. The van der Waals surface area contributed by atoms with Crippen molar-refractivity contribution < 1.29 is 4.39 Å². The first-order chi connectivity index (χ1) is 7.10. The van der Waals surface area contributed by atoms with Crippen LogP contribution in [0.1, 0.15) is 30.4 Å². The molecule has 0 saturated heterocycles. The highest BCUT2D eigenvalue weighted by Gasteiger charge is 2.40. The van der Waals surface area contributed by atoms with Crippen LogP contribution < -0.4 is 5.73 Å². The van der Waals surface area contributed by atoms with E-state index in [4.69, 9.17) is 5.73 Å². The first kappa shape index (κ1) is 11.1. The highest BCUT2D eigenvalue weighted by Crippen LogP contribution is 2.46. The van der Waals surface area contributed by atoms with Crippen LogP contribution in [0.4, 0.5) is 4.39 Å². The van der Waals surface area contributed by atoms with E-state index in [1.165, 1.54) is 0 Å². The second kappa shape index (κ2) is 3.87. The standard InChI is InChI=1S/C12H15BrFN/c1-8-3-4-9(13)10(11(8)14)12(7-15)5-2-6-12/h3-4H,2,5-7,15H2,1H3. The molecule has 1 nitrogen and oxygen atoms in total. The van der Waals surface area contributed by atoms with Crippen LogP contribution in [0.2, 0.25) is 0 Å². The Morgan fingerprint density at radius 3 is 2.60 bits per heavy atom. The number of halogens is 2. The Hall–Kier alpha value is -0.410. The summed E-state index contributed by atoms with van der Waals surface area (Å²) in [5.41, 5.74) is 7.18. The van der Waals surface area contributed by atoms with Gasteiger partial charge in [0.05, 0.1) is 0 Å². The average Bonchev–Trinajstić information content (AvgIpc) is 2.16. The van der Waals surface area contributed by atoms with Crippen molar-refractivity contribution in [2.24, 2.45) is 5.73 Å². The molecule has 0 aromatic heterocycles. The Morgan fingerprint density at radius 2 is 2.13 bits per heavy atom. The fourth-order valence-electron chi connectivity index (χ4n) is 2.30. The number of aryl methyl sites for hydroxylation is 1. The molecule has 1 aromatic carbocycles. The highest BCUT2D eigenvalue weighted by atomic mass is 79.9. The second-order valence-corrected chi connectivity index (χ2v) is 5.25. The lowest BCUT2D eigenvalue weighted by Gasteiger charge is -2.42. The van der Waals surface area contributed by atoms with E-state index in [0.717, 1.165) is 29.3 Å². The van der Waals surface area contributed by atoms with Crippen molar-refractivity contribution in [3.63, 3.8) is 0 Å². The van der Waals surface area contributed by atoms with E-state index in [1.807, 2.05) is 6.07 Å². The van der Waals surface area contributed by atoms with E-state index in [9.17, 15) is 4.39 Å². The summed E-state index contributed by atoms with van der Waals surface area (Å²) < 4.78 is 14.9. The van der Waals surface area contributed by atoms with E-state index >= 15 is 0 Å². The topological polar surface area (TPSA) is 26.0 Å². The van der Waals surface area contributed by atoms with Gasteiger partial charge >= 0.3 is 0 Å².